The van der Waals surface area contributed by atoms with E-state index in [-0.39, 0.29) is 11.8 Å². The van der Waals surface area contributed by atoms with Crippen LogP contribution >= 0.6 is 0 Å². The number of nitrogens with zero attached hydrogens (tertiary/aromatic N) is 1. The maximum atomic E-state index is 10.5. The molecule has 0 spiro atoms. The van der Waals surface area contributed by atoms with Crippen molar-refractivity contribution in [3.8, 4) is 5.75 Å². The van der Waals surface area contributed by atoms with E-state index in [9.17, 15) is 9.90 Å². The van der Waals surface area contributed by atoms with E-state index in [1.54, 1.807) is 6.07 Å². The zero-order valence-electron chi connectivity index (χ0n) is 12.9. The fourth-order valence-corrected chi connectivity index (χ4v) is 3.13. The van der Waals surface area contributed by atoms with Crippen molar-refractivity contribution >= 4 is 11.7 Å². The van der Waals surface area contributed by atoms with E-state index >= 15 is 0 Å². The first-order chi connectivity index (χ1) is 9.92. The van der Waals surface area contributed by atoms with E-state index in [2.05, 4.69) is 24.8 Å². The molecule has 4 nitrogen and oxygen atoms in total. The third-order valence-electron chi connectivity index (χ3n) is 4.36. The van der Waals surface area contributed by atoms with E-state index in [0.717, 1.165) is 50.0 Å². The van der Waals surface area contributed by atoms with Crippen molar-refractivity contribution in [1.29, 1.82) is 0 Å². The lowest BCUT2D eigenvalue weighted by atomic mass is 9.77. The Morgan fingerprint density at radius 1 is 1.29 bits per heavy atom. The van der Waals surface area contributed by atoms with Gasteiger partial charge in [0.25, 0.3) is 0 Å². The molecule has 1 aromatic rings. The Balaban J connectivity index is 2.00. The average Bonchev–Trinajstić information content (AvgIpc) is 2.40. The Morgan fingerprint density at radius 3 is 2.76 bits per heavy atom. The van der Waals surface area contributed by atoms with Crippen molar-refractivity contribution in [2.75, 3.05) is 18.0 Å². The van der Waals surface area contributed by atoms with Crippen molar-refractivity contribution in [2.24, 2.45) is 0 Å². The number of unbranched alkanes of at least 4 members (excludes halogenated alkanes) is 2. The van der Waals surface area contributed by atoms with E-state index in [1.807, 2.05) is 6.07 Å². The van der Waals surface area contributed by atoms with Gasteiger partial charge in [-0.2, -0.15) is 0 Å². The number of rotatable bonds is 6. The number of phenolic OH excluding ortho intramolecular Hbond substituents is 1. The normalized spacial score (nSPS) is 16.6. The Kier molecular flexibility index (Phi) is 4.76. The molecule has 1 aliphatic rings. The zero-order chi connectivity index (χ0) is 15.5. The predicted molar refractivity (Wildman–Crippen MR) is 84.1 cm³/mol. The number of fused-ring (bicyclic) bond motifs is 1. The zero-order valence-corrected chi connectivity index (χ0v) is 12.9. The molecule has 1 heterocycles. The highest BCUT2D eigenvalue weighted by molar-refractivity contribution is 5.66. The van der Waals surface area contributed by atoms with Crippen LogP contribution in [0.5, 0.6) is 5.75 Å². The van der Waals surface area contributed by atoms with Crippen molar-refractivity contribution in [3.05, 3.63) is 23.8 Å². The van der Waals surface area contributed by atoms with Crippen LogP contribution < -0.4 is 4.90 Å². The summed E-state index contributed by atoms with van der Waals surface area (Å²) >= 11 is 0. The fraction of sp³-hybridized carbons (Fsp3) is 0.588. The van der Waals surface area contributed by atoms with Crippen LogP contribution in [0.15, 0.2) is 18.2 Å². The van der Waals surface area contributed by atoms with E-state index in [4.69, 9.17) is 5.11 Å². The van der Waals surface area contributed by atoms with Gasteiger partial charge in [0, 0.05) is 30.8 Å². The summed E-state index contributed by atoms with van der Waals surface area (Å²) in [7, 11) is 0. The van der Waals surface area contributed by atoms with Crippen molar-refractivity contribution in [3.63, 3.8) is 0 Å². The van der Waals surface area contributed by atoms with Crippen LogP contribution in [0.4, 0.5) is 5.69 Å². The number of carboxylic acid groups (broad SMARTS) is 1. The minimum Gasteiger partial charge on any atom is -0.508 e. The molecule has 0 fully saturated rings. The first-order valence-corrected chi connectivity index (χ1v) is 7.71. The van der Waals surface area contributed by atoms with Crippen molar-refractivity contribution in [2.45, 2.75) is 51.4 Å². The van der Waals surface area contributed by atoms with E-state index in [0.29, 0.717) is 5.75 Å². The summed E-state index contributed by atoms with van der Waals surface area (Å²) in [5.41, 5.74) is 2.17. The molecule has 0 bridgehead atoms. The molecule has 21 heavy (non-hydrogen) atoms. The average molecular weight is 291 g/mol. The molecule has 116 valence electrons. The Labute approximate surface area is 126 Å². The minimum atomic E-state index is -0.718. The number of aromatic hydroxyl groups is 1. The van der Waals surface area contributed by atoms with Gasteiger partial charge in [-0.15, -0.1) is 0 Å². The third-order valence-corrected chi connectivity index (χ3v) is 4.36. The lowest BCUT2D eigenvalue weighted by Gasteiger charge is -2.40. The van der Waals surface area contributed by atoms with Crippen LogP contribution in [-0.4, -0.2) is 29.3 Å². The van der Waals surface area contributed by atoms with Gasteiger partial charge in [-0.1, -0.05) is 26.3 Å². The number of benzene rings is 1. The smallest absolute Gasteiger partial charge is 0.303 e. The lowest BCUT2D eigenvalue weighted by molar-refractivity contribution is -0.137. The number of carbonyl (C=O) groups is 1. The second kappa shape index (κ2) is 6.37. The van der Waals surface area contributed by atoms with Gasteiger partial charge in [-0.25, -0.2) is 0 Å². The number of phenols is 1. The number of aliphatic carboxylic acids is 1. The summed E-state index contributed by atoms with van der Waals surface area (Å²) in [6.07, 6.45) is 3.93. The molecule has 0 saturated heterocycles. The summed E-state index contributed by atoms with van der Waals surface area (Å²) in [6.45, 7) is 6.26. The largest absolute Gasteiger partial charge is 0.508 e. The molecule has 0 aliphatic carbocycles. The van der Waals surface area contributed by atoms with Gasteiger partial charge < -0.3 is 15.1 Å². The molecule has 1 aromatic carbocycles. The second-order valence-electron chi connectivity index (χ2n) is 6.50. The van der Waals surface area contributed by atoms with Gasteiger partial charge in [0.2, 0.25) is 0 Å². The molecule has 1 aliphatic heterocycles. The third kappa shape index (κ3) is 3.69. The molecule has 0 saturated carbocycles. The molecule has 2 N–H and O–H groups in total. The standard InChI is InChI=1S/C17H25NO3/c1-17(2)10-12-18(11-5-3-4-9-15(20)21)13-7-6-8-14(19)16(13)17/h6-8,19H,3-5,9-12H2,1-2H3,(H,20,21). The van der Waals surface area contributed by atoms with Gasteiger partial charge in [-0.3, -0.25) is 4.79 Å². The molecule has 0 unspecified atom stereocenters. The summed E-state index contributed by atoms with van der Waals surface area (Å²) in [6, 6.07) is 5.73. The molecule has 0 aromatic heterocycles. The van der Waals surface area contributed by atoms with E-state index < -0.39 is 5.97 Å². The Hall–Kier alpha value is -1.71. The topological polar surface area (TPSA) is 60.8 Å². The maximum Gasteiger partial charge on any atom is 0.303 e. The summed E-state index contributed by atoms with van der Waals surface area (Å²) < 4.78 is 0. The van der Waals surface area contributed by atoms with Crippen molar-refractivity contribution < 1.29 is 15.0 Å². The van der Waals surface area contributed by atoms with Gasteiger partial charge in [0.1, 0.15) is 5.75 Å². The first kappa shape index (κ1) is 15.7. The quantitative estimate of drug-likeness (QED) is 0.787. The number of hydrogen-bond donors (Lipinski definition) is 2. The summed E-state index contributed by atoms with van der Waals surface area (Å²) in [5.74, 6) is -0.335. The van der Waals surface area contributed by atoms with Gasteiger partial charge in [0.05, 0.1) is 0 Å². The van der Waals surface area contributed by atoms with Crippen LogP contribution in [0.2, 0.25) is 0 Å². The molecular weight excluding hydrogens is 266 g/mol. The Morgan fingerprint density at radius 2 is 2.05 bits per heavy atom. The van der Waals surface area contributed by atoms with Crippen LogP contribution in [0, 0.1) is 0 Å². The highest BCUT2D eigenvalue weighted by Crippen LogP contribution is 2.44. The van der Waals surface area contributed by atoms with Gasteiger partial charge >= 0.3 is 5.97 Å². The number of anilines is 1. The monoisotopic (exact) mass is 291 g/mol. The highest BCUT2D eigenvalue weighted by atomic mass is 16.4. The minimum absolute atomic E-state index is 0.000480. The molecule has 0 radical (unpaired) electrons. The second-order valence-corrected chi connectivity index (χ2v) is 6.50. The molecule has 0 amide bonds. The van der Waals surface area contributed by atoms with E-state index in [1.165, 1.54) is 0 Å². The first-order valence-electron chi connectivity index (χ1n) is 7.71. The molecule has 2 rings (SSSR count). The number of hydrogen-bond acceptors (Lipinski definition) is 3. The highest BCUT2D eigenvalue weighted by Gasteiger charge is 2.33. The Bertz CT molecular complexity index is 511. The van der Waals surface area contributed by atoms with Gasteiger partial charge in [-0.05, 0) is 36.8 Å². The SMILES string of the molecule is CC1(C)CCN(CCCCCC(=O)O)c2cccc(O)c21. The van der Waals surface area contributed by atoms with Crippen LogP contribution in [-0.2, 0) is 10.2 Å². The predicted octanol–water partition coefficient (Wildman–Crippen LogP) is 3.52. The summed E-state index contributed by atoms with van der Waals surface area (Å²) in [5, 5.41) is 18.8. The lowest BCUT2D eigenvalue weighted by Crippen LogP contribution is -2.37. The number of carboxylic acids is 1. The van der Waals surface area contributed by atoms with Crippen LogP contribution in [0.25, 0.3) is 0 Å². The summed E-state index contributed by atoms with van der Waals surface area (Å²) in [4.78, 5) is 12.8. The maximum absolute atomic E-state index is 10.5. The molecule has 0 atom stereocenters. The van der Waals surface area contributed by atoms with Gasteiger partial charge in [0.15, 0.2) is 0 Å². The molecular formula is C17H25NO3. The van der Waals surface area contributed by atoms with Crippen molar-refractivity contribution in [1.82, 2.24) is 0 Å². The van der Waals surface area contributed by atoms with Crippen LogP contribution in [0.1, 0.15) is 51.5 Å². The fourth-order valence-electron chi connectivity index (χ4n) is 3.13. The van der Waals surface area contributed by atoms with Crippen LogP contribution in [0.3, 0.4) is 0 Å². The molecule has 4 heteroatoms.